The Balaban J connectivity index is 2.18. The molecule has 0 spiro atoms. The summed E-state index contributed by atoms with van der Waals surface area (Å²) in [5.41, 5.74) is 4.08. The Morgan fingerprint density at radius 1 is 1.41 bits per heavy atom. The van der Waals surface area contributed by atoms with Gasteiger partial charge in [0, 0.05) is 6.61 Å². The second-order valence-corrected chi connectivity index (χ2v) is 4.01. The summed E-state index contributed by atoms with van der Waals surface area (Å²) in [6.45, 7) is 0.415. The van der Waals surface area contributed by atoms with Crippen molar-refractivity contribution >= 4 is 11.6 Å². The molecule has 1 aromatic carbocycles. The molecule has 0 bridgehead atoms. The molecule has 92 valence electrons. The van der Waals surface area contributed by atoms with E-state index < -0.39 is 28.8 Å². The number of carbonyl (C=O) groups excluding carboxylic acids is 1. The van der Waals surface area contributed by atoms with Gasteiger partial charge in [-0.2, -0.15) is 0 Å². The minimum Gasteiger partial charge on any atom is -0.379 e. The Morgan fingerprint density at radius 2 is 2.06 bits per heavy atom. The van der Waals surface area contributed by atoms with E-state index in [4.69, 9.17) is 10.5 Å². The van der Waals surface area contributed by atoms with Gasteiger partial charge in [0.15, 0.2) is 0 Å². The van der Waals surface area contributed by atoms with Crippen LogP contribution in [0, 0.1) is 11.6 Å². The zero-order valence-electron chi connectivity index (χ0n) is 9.00. The number of hydrogen-bond acceptors (Lipinski definition) is 3. The molecule has 3 N–H and O–H groups in total. The van der Waals surface area contributed by atoms with Crippen molar-refractivity contribution in [1.29, 1.82) is 0 Å². The lowest BCUT2D eigenvalue weighted by Gasteiger charge is -2.20. The zero-order valence-corrected chi connectivity index (χ0v) is 9.00. The first-order chi connectivity index (χ1) is 8.03. The number of anilines is 1. The second kappa shape index (κ2) is 4.38. The van der Waals surface area contributed by atoms with Gasteiger partial charge in [-0.1, -0.05) is 6.07 Å². The molecule has 1 fully saturated rings. The lowest BCUT2D eigenvalue weighted by molar-refractivity contribution is -0.121. The van der Waals surface area contributed by atoms with Crippen LogP contribution < -0.4 is 11.1 Å². The van der Waals surface area contributed by atoms with Gasteiger partial charge in [-0.25, -0.2) is 8.78 Å². The van der Waals surface area contributed by atoms with E-state index >= 15 is 0 Å². The Hall–Kier alpha value is -1.53. The molecule has 0 saturated carbocycles. The third-order valence-corrected chi connectivity index (χ3v) is 2.71. The highest BCUT2D eigenvalue weighted by Gasteiger charge is 2.38. The number of nitrogens with two attached hydrogens (primary N) is 1. The van der Waals surface area contributed by atoms with Gasteiger partial charge in [0.2, 0.25) is 5.91 Å². The van der Waals surface area contributed by atoms with Gasteiger partial charge in [-0.3, -0.25) is 4.79 Å². The number of amides is 1. The van der Waals surface area contributed by atoms with Gasteiger partial charge < -0.3 is 15.8 Å². The molecular formula is C11H12F2N2O2. The molecule has 0 aromatic heterocycles. The van der Waals surface area contributed by atoms with E-state index in [2.05, 4.69) is 5.32 Å². The van der Waals surface area contributed by atoms with Crippen LogP contribution in [0.5, 0.6) is 0 Å². The predicted molar refractivity (Wildman–Crippen MR) is 57.3 cm³/mol. The highest BCUT2D eigenvalue weighted by Crippen LogP contribution is 2.22. The zero-order chi connectivity index (χ0) is 12.5. The van der Waals surface area contributed by atoms with Crippen molar-refractivity contribution in [3.05, 3.63) is 29.8 Å². The summed E-state index contributed by atoms with van der Waals surface area (Å²) in [5.74, 6) is -2.30. The third kappa shape index (κ3) is 2.27. The van der Waals surface area contributed by atoms with Crippen molar-refractivity contribution in [3.63, 3.8) is 0 Å². The number of rotatable bonds is 2. The normalized spacial score (nSPS) is 23.7. The van der Waals surface area contributed by atoms with Crippen LogP contribution in [0.3, 0.4) is 0 Å². The Bertz CT molecular complexity index is 425. The van der Waals surface area contributed by atoms with E-state index in [-0.39, 0.29) is 6.61 Å². The first-order valence-corrected chi connectivity index (χ1v) is 5.15. The minimum atomic E-state index is -1.21. The van der Waals surface area contributed by atoms with Crippen molar-refractivity contribution in [2.45, 2.75) is 12.0 Å². The van der Waals surface area contributed by atoms with Gasteiger partial charge in [-0.05, 0) is 18.6 Å². The quantitative estimate of drug-likeness (QED) is 0.813. The molecule has 1 aromatic rings. The van der Waals surface area contributed by atoms with E-state index in [0.29, 0.717) is 13.0 Å². The molecule has 1 aliphatic heterocycles. The van der Waals surface area contributed by atoms with Crippen LogP contribution in [0.15, 0.2) is 18.2 Å². The van der Waals surface area contributed by atoms with Gasteiger partial charge >= 0.3 is 0 Å². The highest BCUT2D eigenvalue weighted by atomic mass is 19.1. The predicted octanol–water partition coefficient (Wildman–Crippen LogP) is 1.02. The van der Waals surface area contributed by atoms with E-state index in [1.54, 1.807) is 0 Å². The van der Waals surface area contributed by atoms with Crippen molar-refractivity contribution in [1.82, 2.24) is 0 Å². The number of carbonyl (C=O) groups is 1. The van der Waals surface area contributed by atoms with Crippen LogP contribution in [-0.4, -0.2) is 24.7 Å². The van der Waals surface area contributed by atoms with Gasteiger partial charge in [-0.15, -0.1) is 0 Å². The van der Waals surface area contributed by atoms with Crippen LogP contribution in [0.2, 0.25) is 0 Å². The number of benzene rings is 1. The molecule has 1 amide bonds. The molecule has 17 heavy (non-hydrogen) atoms. The number of nitrogens with one attached hydrogen (secondary N) is 1. The fourth-order valence-corrected chi connectivity index (χ4v) is 1.62. The minimum absolute atomic E-state index is 0.0505. The average Bonchev–Trinajstić information content (AvgIpc) is 2.72. The van der Waals surface area contributed by atoms with Crippen LogP contribution in [0.4, 0.5) is 14.5 Å². The molecule has 1 atom stereocenters. The number of halogens is 2. The lowest BCUT2D eigenvalue weighted by Crippen LogP contribution is -2.51. The fraction of sp³-hybridized carbons (Fsp3) is 0.364. The summed E-state index contributed by atoms with van der Waals surface area (Å²) in [4.78, 5) is 11.8. The fourth-order valence-electron chi connectivity index (χ4n) is 1.62. The molecule has 1 heterocycles. The number of hydrogen-bond donors (Lipinski definition) is 2. The van der Waals surface area contributed by atoms with Gasteiger partial charge in [0.1, 0.15) is 22.9 Å². The molecule has 4 nitrogen and oxygen atoms in total. The first-order valence-electron chi connectivity index (χ1n) is 5.15. The van der Waals surface area contributed by atoms with Crippen LogP contribution >= 0.6 is 0 Å². The maximum atomic E-state index is 13.3. The van der Waals surface area contributed by atoms with E-state index in [1.165, 1.54) is 6.07 Å². The largest absolute Gasteiger partial charge is 0.379 e. The Kier molecular flexibility index (Phi) is 3.08. The highest BCUT2D eigenvalue weighted by molar-refractivity contribution is 5.98. The maximum absolute atomic E-state index is 13.3. The van der Waals surface area contributed by atoms with E-state index in [0.717, 1.165) is 12.1 Å². The lowest BCUT2D eigenvalue weighted by atomic mass is 9.99. The summed E-state index contributed by atoms with van der Waals surface area (Å²) in [6.07, 6.45) is 0.328. The summed E-state index contributed by atoms with van der Waals surface area (Å²) in [5, 5.41) is 2.17. The maximum Gasteiger partial charge on any atom is 0.247 e. The summed E-state index contributed by atoms with van der Waals surface area (Å²) in [6, 6.07) is 3.34. The van der Waals surface area contributed by atoms with Crippen LogP contribution in [0.1, 0.15) is 6.42 Å². The van der Waals surface area contributed by atoms with Crippen LogP contribution in [-0.2, 0) is 9.53 Å². The molecule has 1 aliphatic rings. The molecule has 0 aliphatic carbocycles. The smallest absolute Gasteiger partial charge is 0.247 e. The standard InChI is InChI=1S/C11H12F2N2O2/c12-7-2-1-3-8(13)9(7)15-10(16)11(14)4-5-17-6-11/h1-3H,4-6,14H2,(H,15,16). The molecular weight excluding hydrogens is 230 g/mol. The van der Waals surface area contributed by atoms with E-state index in [9.17, 15) is 13.6 Å². The Morgan fingerprint density at radius 3 is 2.59 bits per heavy atom. The number of para-hydroxylation sites is 1. The summed E-state index contributed by atoms with van der Waals surface area (Å²) in [7, 11) is 0. The van der Waals surface area contributed by atoms with Gasteiger partial charge in [0.25, 0.3) is 0 Å². The van der Waals surface area contributed by atoms with Crippen molar-refractivity contribution in [2.24, 2.45) is 5.73 Å². The summed E-state index contributed by atoms with van der Waals surface area (Å²) >= 11 is 0. The van der Waals surface area contributed by atoms with Crippen LogP contribution in [0.25, 0.3) is 0 Å². The topological polar surface area (TPSA) is 64.4 Å². The second-order valence-electron chi connectivity index (χ2n) is 4.01. The monoisotopic (exact) mass is 242 g/mol. The Labute approximate surface area is 96.7 Å². The van der Waals surface area contributed by atoms with Crippen molar-refractivity contribution in [2.75, 3.05) is 18.5 Å². The molecule has 1 saturated heterocycles. The molecule has 6 heteroatoms. The molecule has 1 unspecified atom stereocenters. The van der Waals surface area contributed by atoms with Crippen molar-refractivity contribution < 1.29 is 18.3 Å². The first kappa shape index (κ1) is 11.9. The SMILES string of the molecule is NC1(C(=O)Nc2c(F)cccc2F)CCOC1. The van der Waals surface area contributed by atoms with Crippen molar-refractivity contribution in [3.8, 4) is 0 Å². The molecule has 0 radical (unpaired) electrons. The number of ether oxygens (including phenoxy) is 1. The molecule has 2 rings (SSSR count). The van der Waals surface area contributed by atoms with Gasteiger partial charge in [0.05, 0.1) is 6.61 Å². The summed E-state index contributed by atoms with van der Waals surface area (Å²) < 4.78 is 31.6. The van der Waals surface area contributed by atoms with E-state index in [1.807, 2.05) is 0 Å². The third-order valence-electron chi connectivity index (χ3n) is 2.71. The average molecular weight is 242 g/mol.